The fourth-order valence-corrected chi connectivity index (χ4v) is 10.1. The van der Waals surface area contributed by atoms with E-state index in [1.165, 1.54) is 69.7 Å². The predicted molar refractivity (Wildman–Crippen MR) is 143 cm³/mol. The lowest BCUT2D eigenvalue weighted by molar-refractivity contribution is 0.327. The van der Waals surface area contributed by atoms with E-state index >= 15 is 0 Å². The van der Waals surface area contributed by atoms with E-state index in [1.54, 1.807) is 0 Å². The van der Waals surface area contributed by atoms with Crippen molar-refractivity contribution in [3.63, 3.8) is 0 Å². The van der Waals surface area contributed by atoms with Crippen LogP contribution in [0.1, 0.15) is 48.8 Å². The van der Waals surface area contributed by atoms with Gasteiger partial charge in [-0.1, -0.05) is 110 Å². The first-order chi connectivity index (χ1) is 15.9. The van der Waals surface area contributed by atoms with E-state index < -0.39 is 0 Å². The van der Waals surface area contributed by atoms with Crippen molar-refractivity contribution in [1.82, 2.24) is 4.31 Å². The van der Waals surface area contributed by atoms with E-state index in [0.717, 1.165) is 0 Å². The highest BCUT2D eigenvalue weighted by atomic mass is 33.1. The highest BCUT2D eigenvalue weighted by Gasteiger charge is 2.38. The Morgan fingerprint density at radius 2 is 1.22 bits per heavy atom. The zero-order valence-electron chi connectivity index (χ0n) is 18.1. The highest BCUT2D eigenvalue weighted by Crippen LogP contribution is 2.62. The van der Waals surface area contributed by atoms with Gasteiger partial charge >= 0.3 is 0 Å². The number of allylic oxidation sites excluding steroid dienone is 2. The van der Waals surface area contributed by atoms with Gasteiger partial charge in [0.2, 0.25) is 0 Å². The molecule has 0 radical (unpaired) electrons. The van der Waals surface area contributed by atoms with Crippen molar-refractivity contribution in [3.8, 4) is 0 Å². The Kier molecular flexibility index (Phi) is 5.54. The smallest absolute Gasteiger partial charge is 0.0462 e. The van der Waals surface area contributed by atoms with Crippen molar-refractivity contribution < 1.29 is 0 Å². The summed E-state index contributed by atoms with van der Waals surface area (Å²) in [5.74, 6) is 0. The molecule has 1 aliphatic carbocycles. The molecule has 1 unspecified atom stereocenters. The average molecular weight is 454 g/mol. The summed E-state index contributed by atoms with van der Waals surface area (Å²) < 4.78 is 2.74. The Hall–Kier alpha value is -2.49. The molecule has 3 aromatic carbocycles. The summed E-state index contributed by atoms with van der Waals surface area (Å²) in [7, 11) is 2.09. The van der Waals surface area contributed by atoms with Crippen LogP contribution < -0.4 is 0 Å². The van der Waals surface area contributed by atoms with Crippen LogP contribution in [0.3, 0.4) is 0 Å². The molecule has 1 nitrogen and oxygen atoms in total. The van der Waals surface area contributed by atoms with Crippen LogP contribution >= 0.6 is 20.5 Å². The van der Waals surface area contributed by atoms with Gasteiger partial charge in [0.25, 0.3) is 0 Å². The molecule has 6 rings (SSSR count). The maximum Gasteiger partial charge on any atom is 0.0462 e. The Morgan fingerprint density at radius 3 is 1.84 bits per heavy atom. The van der Waals surface area contributed by atoms with Crippen LogP contribution in [0.4, 0.5) is 0 Å². The molecule has 0 bridgehead atoms. The van der Waals surface area contributed by atoms with Gasteiger partial charge in [0.1, 0.15) is 0 Å². The summed E-state index contributed by atoms with van der Waals surface area (Å²) in [6, 6.07) is 33.7. The van der Waals surface area contributed by atoms with Crippen molar-refractivity contribution >= 4 is 41.4 Å². The van der Waals surface area contributed by atoms with Gasteiger partial charge in [-0.2, -0.15) is 0 Å². The molecule has 3 aromatic rings. The first-order valence-corrected chi connectivity index (χ1v) is 14.1. The normalized spacial score (nSPS) is 21.1. The number of nitrogens with zero attached hydrogens (tertiary/aromatic N) is 1. The molecule has 32 heavy (non-hydrogen) atoms. The van der Waals surface area contributed by atoms with E-state index in [4.69, 9.17) is 0 Å². The second kappa shape index (κ2) is 8.80. The minimum absolute atomic E-state index is 0.00507. The summed E-state index contributed by atoms with van der Waals surface area (Å²) in [6.45, 7) is 0. The summed E-state index contributed by atoms with van der Waals surface area (Å²) in [4.78, 5) is 2.95. The molecule has 0 saturated heterocycles. The van der Waals surface area contributed by atoms with Gasteiger partial charge in [0, 0.05) is 33.2 Å². The lowest BCUT2D eigenvalue weighted by Crippen LogP contribution is -2.26. The molecule has 3 heteroatoms. The second-order valence-electron chi connectivity index (χ2n) is 8.66. The fourth-order valence-electron chi connectivity index (χ4n) is 5.01. The van der Waals surface area contributed by atoms with Crippen LogP contribution in [0.15, 0.2) is 97.2 Å². The van der Waals surface area contributed by atoms with Crippen LogP contribution in [0.2, 0.25) is 0 Å². The zero-order valence-corrected chi connectivity index (χ0v) is 19.7. The SMILES string of the molecule is C1=C(c2ccccc2)C2=S(SC(c3ccccc3)=C2c2ccccc2)N1C1CCCCC1. The molecule has 2 aliphatic heterocycles. The zero-order chi connectivity index (χ0) is 21.3. The summed E-state index contributed by atoms with van der Waals surface area (Å²) in [6.07, 6.45) is 9.24. The minimum Gasteiger partial charge on any atom is -0.316 e. The Morgan fingerprint density at radius 1 is 0.656 bits per heavy atom. The Balaban J connectivity index is 1.55. The first kappa shape index (κ1) is 20.1. The van der Waals surface area contributed by atoms with Crippen molar-refractivity contribution in [2.45, 2.75) is 38.1 Å². The highest BCUT2D eigenvalue weighted by molar-refractivity contribution is 8.87. The van der Waals surface area contributed by atoms with Crippen molar-refractivity contribution in [2.24, 2.45) is 0 Å². The number of hydrogen-bond donors (Lipinski definition) is 0. The quantitative estimate of drug-likeness (QED) is 0.289. The molecule has 1 atom stereocenters. The second-order valence-corrected chi connectivity index (χ2v) is 12.0. The summed E-state index contributed by atoms with van der Waals surface area (Å²) >= 11 is 0. The van der Waals surface area contributed by atoms with Crippen LogP contribution in [0, 0.1) is 0 Å². The van der Waals surface area contributed by atoms with Gasteiger partial charge in [-0.25, -0.2) is 0 Å². The maximum atomic E-state index is 2.74. The minimum atomic E-state index is 0.00507. The van der Waals surface area contributed by atoms with Crippen molar-refractivity contribution in [3.05, 3.63) is 114 Å². The standard InChI is InChI=1S/C29H27NS2/c1-5-13-22(14-6-1)26-21-30(25-19-11-4-12-20-25)32-29(26)27(23-15-7-2-8-16-23)28(31-32)24-17-9-3-10-18-24/h1-3,5-10,13-18,21,25H,4,11-12,19-20H2. The third kappa shape index (κ3) is 3.58. The Bertz CT molecular complexity index is 1200. The maximum absolute atomic E-state index is 2.74. The molecule has 160 valence electrons. The molecule has 1 fully saturated rings. The molecule has 0 amide bonds. The third-order valence-corrected chi connectivity index (χ3v) is 10.9. The van der Waals surface area contributed by atoms with Crippen LogP contribution in [0.5, 0.6) is 0 Å². The van der Waals surface area contributed by atoms with Gasteiger partial charge in [0.05, 0.1) is 0 Å². The molecule has 0 N–H and O–H groups in total. The summed E-state index contributed by atoms with van der Waals surface area (Å²) in [5.41, 5.74) is 6.84. The molecular weight excluding hydrogens is 426 g/mol. The van der Waals surface area contributed by atoms with Gasteiger partial charge < -0.3 is 4.31 Å². The molecule has 1 saturated carbocycles. The van der Waals surface area contributed by atoms with Gasteiger partial charge in [-0.3, -0.25) is 0 Å². The van der Waals surface area contributed by atoms with Gasteiger partial charge in [-0.15, -0.1) is 0 Å². The fraction of sp³-hybridized carbons (Fsp3) is 0.207. The number of rotatable bonds is 4. The molecule has 2 heterocycles. The third-order valence-electron chi connectivity index (χ3n) is 6.60. The topological polar surface area (TPSA) is 3.24 Å². The van der Waals surface area contributed by atoms with E-state index in [9.17, 15) is 0 Å². The van der Waals surface area contributed by atoms with Gasteiger partial charge in [-0.05, 0) is 50.0 Å². The lowest BCUT2D eigenvalue weighted by Gasteiger charge is -2.32. The van der Waals surface area contributed by atoms with E-state index in [0.29, 0.717) is 6.04 Å². The van der Waals surface area contributed by atoms with Gasteiger partial charge in [0.15, 0.2) is 0 Å². The van der Waals surface area contributed by atoms with E-state index in [-0.39, 0.29) is 9.70 Å². The van der Waals surface area contributed by atoms with Crippen LogP contribution in [-0.4, -0.2) is 15.2 Å². The predicted octanol–water partition coefficient (Wildman–Crippen LogP) is 8.26. The largest absolute Gasteiger partial charge is 0.316 e. The monoisotopic (exact) mass is 453 g/mol. The van der Waals surface area contributed by atoms with Crippen LogP contribution in [0.25, 0.3) is 16.1 Å². The van der Waals surface area contributed by atoms with E-state index in [2.05, 4.69) is 112 Å². The number of benzene rings is 3. The van der Waals surface area contributed by atoms with E-state index in [1.807, 2.05) is 0 Å². The summed E-state index contributed by atoms with van der Waals surface area (Å²) in [5, 5.41) is 0. The first-order valence-electron chi connectivity index (χ1n) is 11.6. The lowest BCUT2D eigenvalue weighted by atomic mass is 9.92. The number of hydrogen-bond acceptors (Lipinski definition) is 2. The molecule has 3 aliphatic rings. The molecule has 0 aromatic heterocycles. The average Bonchev–Trinajstić information content (AvgIpc) is 3.44. The Labute approximate surface area is 197 Å². The van der Waals surface area contributed by atoms with Crippen molar-refractivity contribution in [1.29, 1.82) is 0 Å². The molecule has 0 spiro atoms. The van der Waals surface area contributed by atoms with Crippen molar-refractivity contribution in [2.75, 3.05) is 0 Å². The molecular formula is C29H27NS2. The van der Waals surface area contributed by atoms with Crippen LogP contribution in [-0.2, 0) is 0 Å².